The lowest BCUT2D eigenvalue weighted by Gasteiger charge is -2.26. The molecule has 1 aliphatic heterocycles. The Labute approximate surface area is 176 Å². The molecular weight excluding hydrogens is 390 g/mol. The van der Waals surface area contributed by atoms with E-state index in [1.807, 2.05) is 30.3 Å². The van der Waals surface area contributed by atoms with Crippen LogP contribution in [0.25, 0.3) is 0 Å². The number of carbonyl (C=O) groups is 3. The summed E-state index contributed by atoms with van der Waals surface area (Å²) >= 11 is 1.41. The monoisotopic (exact) mass is 421 g/mol. The number of amides is 3. The fraction of sp³-hybridized carbons (Fsp3) is 0.571. The maximum Gasteiger partial charge on any atom is 0.410 e. The number of nitrogens with zero attached hydrogens (tertiary/aromatic N) is 1. The highest BCUT2D eigenvalue weighted by Gasteiger charge is 2.36. The summed E-state index contributed by atoms with van der Waals surface area (Å²) in [7, 11) is 0. The van der Waals surface area contributed by atoms with Gasteiger partial charge in [-0.3, -0.25) is 14.5 Å². The minimum absolute atomic E-state index is 0.0744. The lowest BCUT2D eigenvalue weighted by Crippen LogP contribution is -2.49. The van der Waals surface area contributed by atoms with Gasteiger partial charge in [-0.15, -0.1) is 11.8 Å². The van der Waals surface area contributed by atoms with Crippen molar-refractivity contribution >= 4 is 29.7 Å². The Balaban J connectivity index is 1.90. The first kappa shape index (κ1) is 23.1. The van der Waals surface area contributed by atoms with Crippen LogP contribution >= 0.6 is 11.8 Å². The number of primary amides is 1. The zero-order valence-corrected chi connectivity index (χ0v) is 18.0. The van der Waals surface area contributed by atoms with Crippen LogP contribution in [0, 0.1) is 5.92 Å². The summed E-state index contributed by atoms with van der Waals surface area (Å²) in [4.78, 5) is 37.9. The second kappa shape index (κ2) is 11.7. The topological polar surface area (TPSA) is 102 Å². The Bertz CT molecular complexity index is 684. The molecule has 2 rings (SSSR count). The number of thioether (sulfide) groups is 1. The average molecular weight is 422 g/mol. The fourth-order valence-electron chi connectivity index (χ4n) is 3.40. The molecule has 2 atom stereocenters. The van der Waals surface area contributed by atoms with Gasteiger partial charge in [-0.1, -0.05) is 44.2 Å². The highest BCUT2D eigenvalue weighted by atomic mass is 32.2. The van der Waals surface area contributed by atoms with Crippen LogP contribution in [0.3, 0.4) is 0 Å². The van der Waals surface area contributed by atoms with Crippen LogP contribution in [-0.2, 0) is 20.9 Å². The largest absolute Gasteiger partial charge is 0.445 e. The maximum atomic E-state index is 12.9. The molecule has 0 bridgehead atoms. The van der Waals surface area contributed by atoms with E-state index in [1.165, 1.54) is 16.7 Å². The molecule has 1 aromatic rings. The van der Waals surface area contributed by atoms with E-state index in [2.05, 4.69) is 19.2 Å². The number of nitrogens with one attached hydrogen (secondary N) is 1. The van der Waals surface area contributed by atoms with Gasteiger partial charge in [-0.25, -0.2) is 4.79 Å². The van der Waals surface area contributed by atoms with Crippen LogP contribution in [-0.4, -0.2) is 52.9 Å². The van der Waals surface area contributed by atoms with Crippen molar-refractivity contribution in [3.8, 4) is 0 Å². The van der Waals surface area contributed by atoms with E-state index >= 15 is 0 Å². The number of rotatable bonds is 10. The predicted molar refractivity (Wildman–Crippen MR) is 114 cm³/mol. The SMILES string of the molecule is CC(C)C[C@@H](CSCC(N)=O)NC(=O)[C@H]1CCCN1C(=O)OCc1ccccc1. The Morgan fingerprint density at radius 3 is 2.66 bits per heavy atom. The summed E-state index contributed by atoms with van der Waals surface area (Å²) < 4.78 is 5.40. The molecule has 0 saturated carbocycles. The lowest BCUT2D eigenvalue weighted by atomic mass is 10.0. The summed E-state index contributed by atoms with van der Waals surface area (Å²) in [5, 5.41) is 3.06. The Kier molecular flexibility index (Phi) is 9.31. The van der Waals surface area contributed by atoms with Crippen molar-refractivity contribution in [3.63, 3.8) is 0 Å². The smallest absolute Gasteiger partial charge is 0.410 e. The normalized spacial score (nSPS) is 17.2. The van der Waals surface area contributed by atoms with E-state index < -0.39 is 12.1 Å². The van der Waals surface area contributed by atoms with Crippen molar-refractivity contribution in [2.24, 2.45) is 11.7 Å². The van der Waals surface area contributed by atoms with Gasteiger partial charge < -0.3 is 15.8 Å². The zero-order chi connectivity index (χ0) is 21.2. The maximum absolute atomic E-state index is 12.9. The van der Waals surface area contributed by atoms with Crippen LogP contribution < -0.4 is 11.1 Å². The molecule has 0 spiro atoms. The molecule has 0 aliphatic carbocycles. The third-order valence-electron chi connectivity index (χ3n) is 4.66. The zero-order valence-electron chi connectivity index (χ0n) is 17.1. The molecule has 1 aromatic carbocycles. The molecule has 1 fully saturated rings. The Morgan fingerprint density at radius 2 is 2.00 bits per heavy atom. The standard InChI is InChI=1S/C21H31N3O4S/c1-15(2)11-17(13-29-14-19(22)25)23-20(26)18-9-6-10-24(18)21(27)28-12-16-7-4-3-5-8-16/h3-5,7-8,15,17-18H,6,9-14H2,1-2H3,(H2,22,25)(H,23,26)/t17-,18+/m0/s1. The van der Waals surface area contributed by atoms with Crippen LogP contribution in [0.5, 0.6) is 0 Å². The van der Waals surface area contributed by atoms with Gasteiger partial charge in [0, 0.05) is 18.3 Å². The van der Waals surface area contributed by atoms with E-state index in [1.54, 1.807) is 0 Å². The van der Waals surface area contributed by atoms with Gasteiger partial charge in [-0.2, -0.15) is 0 Å². The van der Waals surface area contributed by atoms with Gasteiger partial charge in [0.15, 0.2) is 0 Å². The van der Waals surface area contributed by atoms with Gasteiger partial charge in [0.1, 0.15) is 12.6 Å². The number of hydrogen-bond donors (Lipinski definition) is 2. The number of hydrogen-bond acceptors (Lipinski definition) is 5. The van der Waals surface area contributed by atoms with Crippen molar-refractivity contribution in [2.75, 3.05) is 18.1 Å². The molecule has 160 valence electrons. The minimum atomic E-state index is -0.519. The number of ether oxygens (including phenoxy) is 1. The van der Waals surface area contributed by atoms with E-state index in [0.29, 0.717) is 24.6 Å². The number of nitrogens with two attached hydrogens (primary N) is 1. The van der Waals surface area contributed by atoms with Crippen molar-refractivity contribution in [2.45, 2.75) is 51.8 Å². The van der Waals surface area contributed by atoms with Crippen LogP contribution in [0.15, 0.2) is 30.3 Å². The first-order chi connectivity index (χ1) is 13.9. The second-order valence-corrected chi connectivity index (χ2v) is 8.74. The van der Waals surface area contributed by atoms with Crippen molar-refractivity contribution < 1.29 is 19.1 Å². The van der Waals surface area contributed by atoms with E-state index in [4.69, 9.17) is 10.5 Å². The molecular formula is C21H31N3O4S. The second-order valence-electron chi connectivity index (χ2n) is 7.71. The van der Waals surface area contributed by atoms with Gasteiger partial charge in [-0.05, 0) is 30.7 Å². The minimum Gasteiger partial charge on any atom is -0.445 e. The van der Waals surface area contributed by atoms with E-state index in [0.717, 1.165) is 18.4 Å². The molecule has 1 saturated heterocycles. The molecule has 3 N–H and O–H groups in total. The molecule has 1 aliphatic rings. The fourth-order valence-corrected chi connectivity index (χ4v) is 4.22. The molecule has 0 radical (unpaired) electrons. The van der Waals surface area contributed by atoms with Gasteiger partial charge in [0.2, 0.25) is 11.8 Å². The lowest BCUT2D eigenvalue weighted by molar-refractivity contribution is -0.125. The molecule has 0 unspecified atom stereocenters. The summed E-state index contributed by atoms with van der Waals surface area (Å²) in [6, 6.07) is 8.87. The van der Waals surface area contributed by atoms with Crippen molar-refractivity contribution in [1.82, 2.24) is 10.2 Å². The summed E-state index contributed by atoms with van der Waals surface area (Å²) in [6.07, 6.45) is 1.72. The van der Waals surface area contributed by atoms with Crippen LogP contribution in [0.2, 0.25) is 0 Å². The predicted octanol–water partition coefficient (Wildman–Crippen LogP) is 2.54. The van der Waals surface area contributed by atoms with Crippen molar-refractivity contribution in [1.29, 1.82) is 0 Å². The highest BCUT2D eigenvalue weighted by Crippen LogP contribution is 2.20. The van der Waals surface area contributed by atoms with E-state index in [-0.39, 0.29) is 30.2 Å². The molecule has 7 nitrogen and oxygen atoms in total. The van der Waals surface area contributed by atoms with E-state index in [9.17, 15) is 14.4 Å². The first-order valence-electron chi connectivity index (χ1n) is 10.0. The molecule has 8 heteroatoms. The van der Waals surface area contributed by atoms with Crippen molar-refractivity contribution in [3.05, 3.63) is 35.9 Å². The quantitative estimate of drug-likeness (QED) is 0.604. The van der Waals surface area contributed by atoms with Crippen LogP contribution in [0.4, 0.5) is 4.79 Å². The first-order valence-corrected chi connectivity index (χ1v) is 11.2. The number of benzene rings is 1. The number of carbonyl (C=O) groups excluding carboxylic acids is 3. The average Bonchev–Trinajstić information content (AvgIpc) is 3.16. The summed E-state index contributed by atoms with van der Waals surface area (Å²) in [5.41, 5.74) is 6.10. The highest BCUT2D eigenvalue weighted by molar-refractivity contribution is 7.99. The Hall–Kier alpha value is -2.22. The third kappa shape index (κ3) is 7.97. The molecule has 29 heavy (non-hydrogen) atoms. The van der Waals surface area contributed by atoms with Crippen LogP contribution in [0.1, 0.15) is 38.7 Å². The number of likely N-dealkylation sites (tertiary alicyclic amines) is 1. The summed E-state index contributed by atoms with van der Waals surface area (Å²) in [5.74, 6) is 0.700. The van der Waals surface area contributed by atoms with Gasteiger partial charge >= 0.3 is 6.09 Å². The molecule has 0 aromatic heterocycles. The van der Waals surface area contributed by atoms with Gasteiger partial charge in [0.05, 0.1) is 5.75 Å². The summed E-state index contributed by atoms with van der Waals surface area (Å²) in [6.45, 7) is 4.86. The van der Waals surface area contributed by atoms with Gasteiger partial charge in [0.25, 0.3) is 0 Å². The third-order valence-corrected chi connectivity index (χ3v) is 5.79. The molecule has 1 heterocycles. The molecule has 3 amide bonds. The Morgan fingerprint density at radius 1 is 1.28 bits per heavy atom.